The maximum Gasteiger partial charge on any atom is 0.416 e. The van der Waals surface area contributed by atoms with Crippen molar-refractivity contribution in [3.63, 3.8) is 0 Å². The lowest BCUT2D eigenvalue weighted by atomic mass is 9.93. The van der Waals surface area contributed by atoms with Crippen LogP contribution in [0.3, 0.4) is 0 Å². The Labute approximate surface area is 220 Å². The topological polar surface area (TPSA) is 96.3 Å². The van der Waals surface area contributed by atoms with E-state index in [1.807, 2.05) is 5.32 Å². The van der Waals surface area contributed by atoms with E-state index >= 15 is 0 Å². The van der Waals surface area contributed by atoms with Gasteiger partial charge in [0.15, 0.2) is 0 Å². The van der Waals surface area contributed by atoms with Crippen LogP contribution in [0, 0.1) is 5.82 Å². The minimum atomic E-state index is -5.29. The number of amides is 3. The Balaban J connectivity index is 1.83. The first-order valence-electron chi connectivity index (χ1n) is 11.6. The summed E-state index contributed by atoms with van der Waals surface area (Å²) in [6.45, 7) is 0.268. The minimum Gasteiger partial charge on any atom is -0.342 e. The predicted molar refractivity (Wildman–Crippen MR) is 120 cm³/mol. The first kappa shape index (κ1) is 30.7. The molecule has 0 bridgehead atoms. The molecule has 3 rings (SSSR count). The van der Waals surface area contributed by atoms with Gasteiger partial charge < -0.3 is 15.5 Å². The molecule has 2 unspecified atom stereocenters. The highest BCUT2D eigenvalue weighted by molar-refractivity contribution is 5.98. The lowest BCUT2D eigenvalue weighted by molar-refractivity contribution is -0.184. The van der Waals surface area contributed by atoms with Crippen molar-refractivity contribution in [1.29, 1.82) is 0 Å². The van der Waals surface area contributed by atoms with Gasteiger partial charge in [-0.15, -0.1) is 0 Å². The normalized spacial score (nSPS) is 18.0. The number of hydrogen-bond donors (Lipinski definition) is 2. The molecule has 1 aliphatic heterocycles. The molecule has 2 aromatic rings. The van der Waals surface area contributed by atoms with Gasteiger partial charge in [0.1, 0.15) is 17.6 Å². The van der Waals surface area contributed by atoms with E-state index in [1.54, 1.807) is 6.92 Å². The number of alkyl halides is 8. The van der Waals surface area contributed by atoms with Gasteiger partial charge in [-0.25, -0.2) is 13.2 Å². The molecule has 0 radical (unpaired) electrons. The summed E-state index contributed by atoms with van der Waals surface area (Å²) in [5.74, 6) is -11.1. The van der Waals surface area contributed by atoms with Gasteiger partial charge in [0.05, 0.1) is 30.3 Å². The van der Waals surface area contributed by atoms with E-state index < -0.39 is 90.1 Å². The number of aromatic nitrogens is 2. The maximum atomic E-state index is 14.8. The van der Waals surface area contributed by atoms with Crippen LogP contribution in [-0.4, -0.2) is 63.6 Å². The van der Waals surface area contributed by atoms with Crippen molar-refractivity contribution < 1.29 is 53.9 Å². The second kappa shape index (κ2) is 11.0. The fourth-order valence-corrected chi connectivity index (χ4v) is 4.23. The van der Waals surface area contributed by atoms with E-state index in [9.17, 15) is 53.9 Å². The van der Waals surface area contributed by atoms with Crippen molar-refractivity contribution >= 4 is 23.4 Å². The van der Waals surface area contributed by atoms with Gasteiger partial charge >= 0.3 is 12.4 Å². The third-order valence-corrected chi connectivity index (χ3v) is 6.14. The summed E-state index contributed by atoms with van der Waals surface area (Å²) in [4.78, 5) is 36.9. The molecule has 1 saturated heterocycles. The number of benzene rings is 1. The highest BCUT2D eigenvalue weighted by atomic mass is 19.4. The summed E-state index contributed by atoms with van der Waals surface area (Å²) < 4.78 is 125. The summed E-state index contributed by atoms with van der Waals surface area (Å²) in [5, 5.41) is 7.89. The van der Waals surface area contributed by atoms with Crippen LogP contribution in [0.2, 0.25) is 0 Å². The quantitative estimate of drug-likeness (QED) is 0.472. The molecule has 220 valence electrons. The molecule has 2 atom stereocenters. The number of likely N-dealkylation sites (tertiary alicyclic amines) is 1. The average molecular weight is 587 g/mol. The summed E-state index contributed by atoms with van der Waals surface area (Å²) in [6.07, 6.45) is -11.0. The zero-order valence-corrected chi connectivity index (χ0v) is 20.8. The number of hydrogen-bond acceptors (Lipinski definition) is 4. The van der Waals surface area contributed by atoms with E-state index in [0.717, 1.165) is 6.92 Å². The Morgan fingerprint density at radius 2 is 1.80 bits per heavy atom. The zero-order chi connectivity index (χ0) is 30.2. The molecule has 0 spiro atoms. The van der Waals surface area contributed by atoms with Gasteiger partial charge in [0, 0.05) is 19.2 Å². The third kappa shape index (κ3) is 6.67. The Kier molecular flexibility index (Phi) is 8.45. The zero-order valence-electron chi connectivity index (χ0n) is 20.8. The van der Waals surface area contributed by atoms with Crippen LogP contribution in [0.25, 0.3) is 0 Å². The Morgan fingerprint density at radius 3 is 2.38 bits per heavy atom. The summed E-state index contributed by atoms with van der Waals surface area (Å²) >= 11 is 0. The highest BCUT2D eigenvalue weighted by Crippen LogP contribution is 2.43. The summed E-state index contributed by atoms with van der Waals surface area (Å²) in [7, 11) is 0. The van der Waals surface area contributed by atoms with Gasteiger partial charge in [0.25, 0.3) is 11.8 Å². The van der Waals surface area contributed by atoms with Crippen LogP contribution in [-0.2, 0) is 22.3 Å². The van der Waals surface area contributed by atoms with Gasteiger partial charge in [-0.2, -0.15) is 31.4 Å². The monoisotopic (exact) mass is 587 g/mol. The molecule has 0 aliphatic carbocycles. The standard InChI is InChI=1S/C23H22F9N5O3/c1-3-37-16(4-5-34-37)19(39)33-9-18(38)35-15-7-13(22(27,28)29)12(6-14(15)24)11(2)20(40)36-10-21(25,26)8-17(36)23(30,31)32/h4-7,11,17H,3,8-10H2,1-2H3,(H,33,39)(H,35,38). The number of aryl methyl sites for hydroxylation is 1. The molecule has 17 heteroatoms. The number of nitrogens with zero attached hydrogens (tertiary/aromatic N) is 3. The van der Waals surface area contributed by atoms with Crippen LogP contribution < -0.4 is 10.6 Å². The van der Waals surface area contributed by atoms with Crippen molar-refractivity contribution in [3.05, 3.63) is 47.0 Å². The first-order chi connectivity index (χ1) is 18.4. The second-order valence-electron chi connectivity index (χ2n) is 8.99. The second-order valence-corrected chi connectivity index (χ2v) is 8.99. The Morgan fingerprint density at radius 1 is 1.15 bits per heavy atom. The van der Waals surface area contributed by atoms with Crippen LogP contribution in [0.1, 0.15) is 47.8 Å². The maximum absolute atomic E-state index is 14.8. The predicted octanol–water partition coefficient (Wildman–Crippen LogP) is 4.33. The molecule has 2 N–H and O–H groups in total. The number of rotatable bonds is 7. The molecule has 3 amide bonds. The highest BCUT2D eigenvalue weighted by Gasteiger charge is 2.58. The number of carbonyl (C=O) groups excluding carboxylic acids is 3. The fraction of sp³-hybridized carbons (Fsp3) is 0.478. The van der Waals surface area contributed by atoms with Gasteiger partial charge in [-0.1, -0.05) is 0 Å². The molecular weight excluding hydrogens is 565 g/mol. The number of halogens is 9. The molecule has 0 saturated carbocycles. The number of carbonyl (C=O) groups is 3. The average Bonchev–Trinajstić information content (AvgIpc) is 3.45. The molecule has 1 aromatic heterocycles. The van der Waals surface area contributed by atoms with Gasteiger partial charge in [0.2, 0.25) is 11.8 Å². The van der Waals surface area contributed by atoms with E-state index in [2.05, 4.69) is 10.4 Å². The number of nitrogens with one attached hydrogen (secondary N) is 2. The lowest BCUT2D eigenvalue weighted by Gasteiger charge is -2.29. The summed E-state index contributed by atoms with van der Waals surface area (Å²) in [5.41, 5.74) is -3.73. The van der Waals surface area contributed by atoms with E-state index in [1.165, 1.54) is 16.9 Å². The molecular formula is C23H22F9N5O3. The largest absolute Gasteiger partial charge is 0.416 e. The molecule has 8 nitrogen and oxygen atoms in total. The van der Waals surface area contributed by atoms with Crippen molar-refractivity contribution in [2.24, 2.45) is 0 Å². The van der Waals surface area contributed by atoms with Gasteiger partial charge in [-0.05, 0) is 37.6 Å². The van der Waals surface area contributed by atoms with Crippen molar-refractivity contribution in [2.75, 3.05) is 18.4 Å². The third-order valence-electron chi connectivity index (χ3n) is 6.14. The van der Waals surface area contributed by atoms with Crippen molar-refractivity contribution in [1.82, 2.24) is 20.0 Å². The molecule has 1 fully saturated rings. The SMILES string of the molecule is CCn1nccc1C(=O)NCC(=O)Nc1cc(C(F)(F)F)c(C(C)C(=O)N2CC(F)(F)CC2C(F)(F)F)cc1F. The summed E-state index contributed by atoms with van der Waals surface area (Å²) in [6, 6.07) is -1.29. The Hall–Kier alpha value is -3.79. The van der Waals surface area contributed by atoms with Crippen molar-refractivity contribution in [3.8, 4) is 0 Å². The molecule has 2 heterocycles. The van der Waals surface area contributed by atoms with Crippen LogP contribution in [0.5, 0.6) is 0 Å². The number of anilines is 1. The first-order valence-corrected chi connectivity index (χ1v) is 11.6. The van der Waals surface area contributed by atoms with E-state index in [4.69, 9.17) is 0 Å². The van der Waals surface area contributed by atoms with Crippen LogP contribution in [0.15, 0.2) is 24.4 Å². The molecule has 1 aliphatic rings. The van der Waals surface area contributed by atoms with Crippen molar-refractivity contribution in [2.45, 2.75) is 57.0 Å². The van der Waals surface area contributed by atoms with E-state index in [-0.39, 0.29) is 22.7 Å². The smallest absolute Gasteiger partial charge is 0.342 e. The van der Waals surface area contributed by atoms with E-state index in [0.29, 0.717) is 6.54 Å². The van der Waals surface area contributed by atoms with Crippen LogP contribution in [0.4, 0.5) is 45.2 Å². The van der Waals surface area contributed by atoms with Crippen LogP contribution >= 0.6 is 0 Å². The molecule has 1 aromatic carbocycles. The molecule has 40 heavy (non-hydrogen) atoms. The minimum absolute atomic E-state index is 0.0763. The lowest BCUT2D eigenvalue weighted by Crippen LogP contribution is -2.46. The fourth-order valence-electron chi connectivity index (χ4n) is 4.23. The Bertz CT molecular complexity index is 1290. The van der Waals surface area contributed by atoms with Gasteiger partial charge in [-0.3, -0.25) is 19.1 Å².